The molecule has 1 aromatic heterocycles. The zero-order valence-corrected chi connectivity index (χ0v) is 12.4. The molecule has 3 heteroatoms. The van der Waals surface area contributed by atoms with Crippen LogP contribution in [0.2, 0.25) is 0 Å². The second kappa shape index (κ2) is 5.29. The van der Waals surface area contributed by atoms with Gasteiger partial charge in [-0.05, 0) is 58.6 Å². The first kappa shape index (κ1) is 13.2. The minimum Gasteiger partial charge on any atom is -0.465 e. The summed E-state index contributed by atoms with van der Waals surface area (Å²) in [4.78, 5) is 2.47. The molecule has 19 heavy (non-hydrogen) atoms. The second-order valence-corrected chi connectivity index (χ2v) is 6.44. The third kappa shape index (κ3) is 3.40. The monoisotopic (exact) mass is 262 g/mol. The Morgan fingerprint density at radius 2 is 2.11 bits per heavy atom. The van der Waals surface area contributed by atoms with Crippen molar-refractivity contribution in [2.45, 2.75) is 64.7 Å². The smallest absolute Gasteiger partial charge is 0.118 e. The Morgan fingerprint density at radius 1 is 1.37 bits per heavy atom. The molecule has 0 aromatic carbocycles. The van der Waals surface area contributed by atoms with Crippen molar-refractivity contribution in [2.75, 3.05) is 7.05 Å². The molecule has 1 unspecified atom stereocenters. The van der Waals surface area contributed by atoms with E-state index in [-0.39, 0.29) is 0 Å². The zero-order chi connectivity index (χ0) is 13.4. The van der Waals surface area contributed by atoms with E-state index in [2.05, 4.69) is 37.2 Å². The number of nitrogens with zero attached hydrogens (tertiary/aromatic N) is 1. The molecule has 0 aliphatic heterocycles. The number of hydrogen-bond acceptors (Lipinski definition) is 3. The number of nitrogens with one attached hydrogen (secondary N) is 1. The number of aryl methyl sites for hydroxylation is 1. The molecule has 1 atom stereocenters. The minimum atomic E-state index is 0.697. The van der Waals surface area contributed by atoms with E-state index in [1.54, 1.807) is 0 Å². The lowest BCUT2D eigenvalue weighted by molar-refractivity contribution is 0.225. The van der Waals surface area contributed by atoms with Gasteiger partial charge in [0, 0.05) is 24.2 Å². The summed E-state index contributed by atoms with van der Waals surface area (Å²) in [7, 11) is 2.23. The first-order valence-corrected chi connectivity index (χ1v) is 7.65. The van der Waals surface area contributed by atoms with Crippen molar-refractivity contribution < 1.29 is 4.42 Å². The van der Waals surface area contributed by atoms with E-state index >= 15 is 0 Å². The third-order valence-electron chi connectivity index (χ3n) is 4.63. The molecule has 3 rings (SSSR count). The van der Waals surface area contributed by atoms with Gasteiger partial charge in [0.1, 0.15) is 11.5 Å². The van der Waals surface area contributed by atoms with Crippen LogP contribution in [0.4, 0.5) is 0 Å². The van der Waals surface area contributed by atoms with Crippen LogP contribution in [-0.2, 0) is 13.1 Å². The van der Waals surface area contributed by atoms with E-state index < -0.39 is 0 Å². The molecule has 2 aliphatic carbocycles. The maximum absolute atomic E-state index is 5.86. The molecule has 1 heterocycles. The summed E-state index contributed by atoms with van der Waals surface area (Å²) < 4.78 is 5.86. The average Bonchev–Trinajstić information content (AvgIpc) is 3.26. The molecular weight excluding hydrogens is 236 g/mol. The fourth-order valence-electron chi connectivity index (χ4n) is 2.72. The van der Waals surface area contributed by atoms with Crippen molar-refractivity contribution in [2.24, 2.45) is 5.92 Å². The van der Waals surface area contributed by atoms with Crippen LogP contribution in [0.15, 0.2) is 10.5 Å². The van der Waals surface area contributed by atoms with E-state index in [4.69, 9.17) is 4.42 Å². The van der Waals surface area contributed by atoms with E-state index in [0.717, 1.165) is 36.6 Å². The molecule has 0 bridgehead atoms. The summed E-state index contributed by atoms with van der Waals surface area (Å²) in [6, 6.07) is 3.68. The lowest BCUT2D eigenvalue weighted by Crippen LogP contribution is -2.30. The van der Waals surface area contributed by atoms with Gasteiger partial charge in [0.25, 0.3) is 0 Å². The summed E-state index contributed by atoms with van der Waals surface area (Å²) in [5.41, 5.74) is 1.35. The maximum atomic E-state index is 5.86. The number of hydrogen-bond donors (Lipinski definition) is 1. The summed E-state index contributed by atoms with van der Waals surface area (Å²) in [6.45, 7) is 6.33. The van der Waals surface area contributed by atoms with Crippen molar-refractivity contribution in [1.29, 1.82) is 0 Å². The Kier molecular flexibility index (Phi) is 3.68. The Morgan fingerprint density at radius 3 is 2.74 bits per heavy atom. The molecule has 0 spiro atoms. The van der Waals surface area contributed by atoms with Crippen molar-refractivity contribution in [3.05, 3.63) is 23.2 Å². The van der Waals surface area contributed by atoms with Gasteiger partial charge in [0.05, 0.1) is 6.54 Å². The van der Waals surface area contributed by atoms with Crippen molar-refractivity contribution >= 4 is 0 Å². The maximum Gasteiger partial charge on any atom is 0.118 e. The van der Waals surface area contributed by atoms with E-state index in [9.17, 15) is 0 Å². The zero-order valence-electron chi connectivity index (χ0n) is 12.4. The van der Waals surface area contributed by atoms with Crippen LogP contribution in [0, 0.1) is 12.8 Å². The van der Waals surface area contributed by atoms with Crippen LogP contribution in [0.5, 0.6) is 0 Å². The van der Waals surface area contributed by atoms with E-state index in [1.807, 2.05) is 0 Å². The third-order valence-corrected chi connectivity index (χ3v) is 4.63. The molecule has 1 N–H and O–H groups in total. The highest BCUT2D eigenvalue weighted by atomic mass is 16.3. The number of furan rings is 1. The molecule has 0 saturated heterocycles. The van der Waals surface area contributed by atoms with Gasteiger partial charge in [0.15, 0.2) is 0 Å². The highest BCUT2D eigenvalue weighted by molar-refractivity contribution is 5.21. The lowest BCUT2D eigenvalue weighted by atomic mass is 10.1. The van der Waals surface area contributed by atoms with Crippen molar-refractivity contribution in [1.82, 2.24) is 10.2 Å². The van der Waals surface area contributed by atoms with Crippen molar-refractivity contribution in [3.8, 4) is 0 Å². The molecule has 0 amide bonds. The van der Waals surface area contributed by atoms with Crippen LogP contribution in [0.3, 0.4) is 0 Å². The highest BCUT2D eigenvalue weighted by Crippen LogP contribution is 2.35. The molecule has 3 nitrogen and oxygen atoms in total. The highest BCUT2D eigenvalue weighted by Gasteiger charge is 2.30. The standard InChI is InChI=1S/C16H26N2O/c1-11(13-4-5-13)18(3)10-14-8-16(19-12(14)2)9-17-15-6-7-15/h8,11,13,15,17H,4-7,9-10H2,1-3H3. The lowest BCUT2D eigenvalue weighted by Gasteiger charge is -2.24. The van der Waals surface area contributed by atoms with Crippen LogP contribution >= 0.6 is 0 Å². The Hall–Kier alpha value is -0.800. The first-order chi connectivity index (χ1) is 9.13. The van der Waals surface area contributed by atoms with Crippen molar-refractivity contribution in [3.63, 3.8) is 0 Å². The molecule has 2 fully saturated rings. The topological polar surface area (TPSA) is 28.4 Å². The summed E-state index contributed by atoms with van der Waals surface area (Å²) in [5.74, 6) is 3.10. The minimum absolute atomic E-state index is 0.697. The Balaban J connectivity index is 1.56. The first-order valence-electron chi connectivity index (χ1n) is 7.65. The van der Waals surface area contributed by atoms with Crippen LogP contribution in [0.25, 0.3) is 0 Å². The predicted molar refractivity (Wildman–Crippen MR) is 77.0 cm³/mol. The van der Waals surface area contributed by atoms with Gasteiger partial charge < -0.3 is 9.73 Å². The van der Waals surface area contributed by atoms with E-state index in [0.29, 0.717) is 6.04 Å². The molecular formula is C16H26N2O. The van der Waals surface area contributed by atoms with Gasteiger partial charge in [-0.15, -0.1) is 0 Å². The molecule has 1 aromatic rings. The van der Waals surface area contributed by atoms with Gasteiger partial charge in [-0.1, -0.05) is 0 Å². The molecule has 106 valence electrons. The fourth-order valence-corrected chi connectivity index (χ4v) is 2.72. The Labute approximate surface area is 116 Å². The van der Waals surface area contributed by atoms with Gasteiger partial charge in [-0.2, -0.15) is 0 Å². The number of rotatable bonds is 7. The average molecular weight is 262 g/mol. The fraction of sp³-hybridized carbons (Fsp3) is 0.750. The largest absolute Gasteiger partial charge is 0.465 e. The van der Waals surface area contributed by atoms with Crippen LogP contribution < -0.4 is 5.32 Å². The second-order valence-electron chi connectivity index (χ2n) is 6.44. The summed E-state index contributed by atoms with van der Waals surface area (Å²) >= 11 is 0. The quantitative estimate of drug-likeness (QED) is 0.818. The molecule has 2 aliphatic rings. The molecule has 2 saturated carbocycles. The predicted octanol–water partition coefficient (Wildman–Crippen LogP) is 3.07. The van der Waals surface area contributed by atoms with Gasteiger partial charge >= 0.3 is 0 Å². The van der Waals surface area contributed by atoms with Gasteiger partial charge in [0.2, 0.25) is 0 Å². The van der Waals surface area contributed by atoms with E-state index in [1.165, 1.54) is 31.2 Å². The Bertz CT molecular complexity index is 432. The SMILES string of the molecule is Cc1oc(CNC2CC2)cc1CN(C)C(C)C1CC1. The van der Waals surface area contributed by atoms with Crippen LogP contribution in [-0.4, -0.2) is 24.0 Å². The summed E-state index contributed by atoms with van der Waals surface area (Å²) in [5, 5.41) is 3.51. The molecule has 0 radical (unpaired) electrons. The summed E-state index contributed by atoms with van der Waals surface area (Å²) in [6.07, 6.45) is 5.47. The van der Waals surface area contributed by atoms with Crippen LogP contribution in [0.1, 0.15) is 49.7 Å². The van der Waals surface area contributed by atoms with Gasteiger partial charge in [-0.25, -0.2) is 0 Å². The normalized spacial score (nSPS) is 21.1. The van der Waals surface area contributed by atoms with Gasteiger partial charge in [-0.3, -0.25) is 4.90 Å².